The summed E-state index contributed by atoms with van der Waals surface area (Å²) in [5, 5.41) is 0. The fraction of sp³-hybridized carbons (Fsp3) is 0.778. The summed E-state index contributed by atoms with van der Waals surface area (Å²) in [5.74, 6) is 0. The summed E-state index contributed by atoms with van der Waals surface area (Å²) in [4.78, 5) is 0. The van der Waals surface area contributed by atoms with Gasteiger partial charge in [0.1, 0.15) is 15.6 Å². The summed E-state index contributed by atoms with van der Waals surface area (Å²) in [6, 6.07) is 0. The Morgan fingerprint density at radius 3 is 2.27 bits per heavy atom. The Morgan fingerprint density at radius 2 is 2.00 bits per heavy atom. The van der Waals surface area contributed by atoms with Gasteiger partial charge >= 0.3 is 29.6 Å². The first-order valence-electron chi connectivity index (χ1n) is 4.68. The molecular formula is C9H17NaO4S. The van der Waals surface area contributed by atoms with Crippen molar-refractivity contribution in [3.05, 3.63) is 12.7 Å². The molecule has 0 fully saturated rings. The van der Waals surface area contributed by atoms with Crippen LogP contribution in [0.4, 0.5) is 0 Å². The maximum Gasteiger partial charge on any atom is 1.00 e. The van der Waals surface area contributed by atoms with Crippen LogP contribution in [-0.4, -0.2) is 24.5 Å². The molecule has 0 rings (SSSR count). The molecule has 0 heterocycles. The fourth-order valence-electron chi connectivity index (χ4n) is 1.09. The van der Waals surface area contributed by atoms with Crippen LogP contribution in [0.3, 0.4) is 0 Å². The van der Waals surface area contributed by atoms with Crippen molar-refractivity contribution in [1.29, 1.82) is 0 Å². The third-order valence-corrected chi connectivity index (χ3v) is 2.91. The van der Waals surface area contributed by atoms with Crippen LogP contribution in [0.25, 0.3) is 0 Å². The van der Waals surface area contributed by atoms with E-state index < -0.39 is 15.6 Å². The predicted octanol–water partition coefficient (Wildman–Crippen LogP) is -1.36. The summed E-state index contributed by atoms with van der Waals surface area (Å²) in [6.07, 6.45) is 2.87. The van der Waals surface area contributed by atoms with E-state index in [9.17, 15) is 13.0 Å². The van der Waals surface area contributed by atoms with Gasteiger partial charge in [-0.2, -0.15) is 0 Å². The van der Waals surface area contributed by atoms with Crippen molar-refractivity contribution in [2.75, 3.05) is 0 Å². The normalized spacial score (nSPS) is 15.1. The minimum atomic E-state index is -4.36. The van der Waals surface area contributed by atoms with Crippen molar-refractivity contribution in [2.45, 2.75) is 44.6 Å². The third kappa shape index (κ3) is 7.49. The molecule has 0 aliphatic rings. The van der Waals surface area contributed by atoms with E-state index in [1.165, 1.54) is 6.08 Å². The van der Waals surface area contributed by atoms with Crippen molar-refractivity contribution in [1.82, 2.24) is 0 Å². The van der Waals surface area contributed by atoms with Crippen LogP contribution < -0.4 is 29.6 Å². The molecule has 84 valence electrons. The summed E-state index contributed by atoms with van der Waals surface area (Å²) in [7, 11) is -4.36. The van der Waals surface area contributed by atoms with Gasteiger partial charge in [-0.3, -0.25) is 0 Å². The molecule has 0 N–H and O–H groups in total. The first-order chi connectivity index (χ1) is 6.45. The van der Waals surface area contributed by atoms with E-state index in [1.807, 2.05) is 6.92 Å². The second kappa shape index (κ2) is 8.73. The SMILES string of the molecule is C=CC(CCC)OC(CC)S(=O)(=O)[O-].[Na+]. The van der Waals surface area contributed by atoms with Gasteiger partial charge in [-0.15, -0.1) is 6.58 Å². The third-order valence-electron chi connectivity index (χ3n) is 1.82. The minimum Gasteiger partial charge on any atom is -0.746 e. The average molecular weight is 244 g/mol. The van der Waals surface area contributed by atoms with Gasteiger partial charge < -0.3 is 9.29 Å². The van der Waals surface area contributed by atoms with Crippen molar-refractivity contribution in [3.8, 4) is 0 Å². The second-order valence-corrected chi connectivity index (χ2v) is 4.54. The van der Waals surface area contributed by atoms with Gasteiger partial charge in [0.25, 0.3) is 0 Å². The van der Waals surface area contributed by atoms with E-state index in [1.54, 1.807) is 6.92 Å². The first kappa shape index (κ1) is 18.0. The molecule has 0 amide bonds. The topological polar surface area (TPSA) is 66.4 Å². The predicted molar refractivity (Wildman–Crippen MR) is 53.8 cm³/mol. The van der Waals surface area contributed by atoms with Crippen LogP contribution in [0.5, 0.6) is 0 Å². The van der Waals surface area contributed by atoms with Crippen LogP contribution in [0.15, 0.2) is 12.7 Å². The van der Waals surface area contributed by atoms with Gasteiger partial charge in [0.15, 0.2) is 0 Å². The molecule has 0 aliphatic carbocycles. The molecule has 0 saturated carbocycles. The van der Waals surface area contributed by atoms with Crippen LogP contribution >= 0.6 is 0 Å². The molecule has 4 nitrogen and oxygen atoms in total. The van der Waals surface area contributed by atoms with Crippen LogP contribution in [0.2, 0.25) is 0 Å². The number of hydrogen-bond donors (Lipinski definition) is 0. The van der Waals surface area contributed by atoms with Crippen LogP contribution in [-0.2, 0) is 14.9 Å². The summed E-state index contributed by atoms with van der Waals surface area (Å²) < 4.78 is 37.2. The zero-order valence-corrected chi connectivity index (χ0v) is 12.4. The maximum atomic E-state index is 10.7. The molecule has 0 aromatic heterocycles. The molecule has 0 spiro atoms. The van der Waals surface area contributed by atoms with Crippen molar-refractivity contribution >= 4 is 10.1 Å². The fourth-order valence-corrected chi connectivity index (χ4v) is 1.78. The Kier molecular flexibility index (Phi) is 10.5. The molecule has 2 unspecified atom stereocenters. The monoisotopic (exact) mass is 244 g/mol. The molecule has 6 heteroatoms. The van der Waals surface area contributed by atoms with E-state index in [2.05, 4.69) is 6.58 Å². The summed E-state index contributed by atoms with van der Waals surface area (Å²) >= 11 is 0. The largest absolute Gasteiger partial charge is 1.00 e. The van der Waals surface area contributed by atoms with Crippen molar-refractivity contribution in [2.24, 2.45) is 0 Å². The maximum absolute atomic E-state index is 10.7. The Bertz CT molecular complexity index is 263. The summed E-state index contributed by atoms with van der Waals surface area (Å²) in [5.41, 5.74) is -1.25. The zero-order valence-electron chi connectivity index (χ0n) is 9.60. The molecule has 0 bridgehead atoms. The molecule has 0 radical (unpaired) electrons. The van der Waals surface area contributed by atoms with Gasteiger partial charge in [-0.1, -0.05) is 26.3 Å². The number of rotatable bonds is 7. The van der Waals surface area contributed by atoms with Gasteiger partial charge in [0.2, 0.25) is 0 Å². The molecule has 15 heavy (non-hydrogen) atoms. The Morgan fingerprint density at radius 1 is 1.47 bits per heavy atom. The molecule has 0 aromatic carbocycles. The molecule has 0 saturated heterocycles. The average Bonchev–Trinajstić information content (AvgIpc) is 2.10. The number of ether oxygens (including phenoxy) is 1. The Hall–Kier alpha value is 0.610. The second-order valence-electron chi connectivity index (χ2n) is 3.03. The van der Waals surface area contributed by atoms with Gasteiger partial charge in [-0.05, 0) is 12.8 Å². The smallest absolute Gasteiger partial charge is 0.746 e. The van der Waals surface area contributed by atoms with Crippen molar-refractivity contribution in [3.63, 3.8) is 0 Å². The zero-order chi connectivity index (χ0) is 11.2. The molecular weight excluding hydrogens is 227 g/mol. The van der Waals surface area contributed by atoms with Crippen LogP contribution in [0, 0.1) is 0 Å². The van der Waals surface area contributed by atoms with E-state index in [0.717, 1.165) is 6.42 Å². The van der Waals surface area contributed by atoms with Crippen LogP contribution in [0.1, 0.15) is 33.1 Å². The van der Waals surface area contributed by atoms with E-state index in [4.69, 9.17) is 4.74 Å². The van der Waals surface area contributed by atoms with E-state index in [-0.39, 0.29) is 42.1 Å². The first-order valence-corrected chi connectivity index (χ1v) is 6.15. The standard InChI is InChI=1S/C9H18O4S.Na/c1-4-7-8(5-2)13-9(6-3)14(10,11)12;/h5,8-9H,2,4,6-7H2,1,3H3,(H,10,11,12);/q;+1/p-1. The number of hydrogen-bond acceptors (Lipinski definition) is 4. The molecule has 2 atom stereocenters. The summed E-state index contributed by atoms with van der Waals surface area (Å²) in [6.45, 7) is 7.08. The van der Waals surface area contributed by atoms with E-state index in [0.29, 0.717) is 6.42 Å². The van der Waals surface area contributed by atoms with Crippen molar-refractivity contribution < 1.29 is 47.3 Å². The van der Waals surface area contributed by atoms with Gasteiger partial charge in [0, 0.05) is 0 Å². The van der Waals surface area contributed by atoms with Gasteiger partial charge in [0.05, 0.1) is 6.10 Å². The Labute approximate surface area is 114 Å². The van der Waals surface area contributed by atoms with E-state index >= 15 is 0 Å². The molecule has 0 aliphatic heterocycles. The Balaban J connectivity index is 0. The quantitative estimate of drug-likeness (QED) is 0.315. The minimum absolute atomic E-state index is 0. The molecule has 0 aromatic rings. The van der Waals surface area contributed by atoms with Gasteiger partial charge in [-0.25, -0.2) is 8.42 Å².